The standard InChI is InChI=1S/C19H24N2O4S/c1-5-14(3)20-19(22)15-8-11-17(25-4)18(12-15)26(23,24)21-16-9-6-13(2)7-10-16/h6-12,14,21H,5H2,1-4H3,(H,20,22). The second-order valence-corrected chi connectivity index (χ2v) is 7.77. The average Bonchev–Trinajstić information content (AvgIpc) is 2.62. The molecule has 1 amide bonds. The predicted octanol–water partition coefficient (Wildman–Crippen LogP) is 3.33. The Bertz CT molecular complexity index is 877. The molecule has 0 radical (unpaired) electrons. The monoisotopic (exact) mass is 376 g/mol. The molecule has 2 aromatic rings. The maximum atomic E-state index is 12.8. The van der Waals surface area contributed by atoms with Gasteiger partial charge in [-0.1, -0.05) is 24.6 Å². The molecule has 0 saturated heterocycles. The van der Waals surface area contributed by atoms with Crippen LogP contribution < -0.4 is 14.8 Å². The first kappa shape index (κ1) is 19.8. The zero-order valence-electron chi connectivity index (χ0n) is 15.4. The van der Waals surface area contributed by atoms with E-state index in [9.17, 15) is 13.2 Å². The lowest BCUT2D eigenvalue weighted by molar-refractivity contribution is 0.0939. The van der Waals surface area contributed by atoms with Gasteiger partial charge < -0.3 is 10.1 Å². The molecule has 0 aromatic heterocycles. The van der Waals surface area contributed by atoms with Crippen LogP contribution in [0.25, 0.3) is 0 Å². The van der Waals surface area contributed by atoms with Gasteiger partial charge in [0.15, 0.2) is 0 Å². The molecule has 2 rings (SSSR count). The first-order valence-electron chi connectivity index (χ1n) is 8.35. The third-order valence-electron chi connectivity index (χ3n) is 4.01. The lowest BCUT2D eigenvalue weighted by Gasteiger charge is -2.15. The summed E-state index contributed by atoms with van der Waals surface area (Å²) in [6.07, 6.45) is 0.780. The molecule has 2 aromatic carbocycles. The molecule has 0 aliphatic carbocycles. The highest BCUT2D eigenvalue weighted by Crippen LogP contribution is 2.27. The minimum atomic E-state index is -3.91. The number of hydrogen-bond acceptors (Lipinski definition) is 4. The van der Waals surface area contributed by atoms with Crippen molar-refractivity contribution in [3.05, 3.63) is 53.6 Å². The van der Waals surface area contributed by atoms with Crippen LogP contribution in [0.3, 0.4) is 0 Å². The van der Waals surface area contributed by atoms with E-state index in [4.69, 9.17) is 4.74 Å². The smallest absolute Gasteiger partial charge is 0.265 e. The van der Waals surface area contributed by atoms with Gasteiger partial charge in [-0.05, 0) is 50.6 Å². The van der Waals surface area contributed by atoms with Gasteiger partial charge in [0.25, 0.3) is 15.9 Å². The van der Waals surface area contributed by atoms with Gasteiger partial charge in [-0.2, -0.15) is 0 Å². The van der Waals surface area contributed by atoms with E-state index in [0.29, 0.717) is 5.69 Å². The van der Waals surface area contributed by atoms with Crippen LogP contribution in [-0.4, -0.2) is 27.5 Å². The Kier molecular flexibility index (Phi) is 6.26. The molecule has 6 nitrogen and oxygen atoms in total. The van der Waals surface area contributed by atoms with Crippen LogP contribution >= 0.6 is 0 Å². The topological polar surface area (TPSA) is 84.5 Å². The molecule has 7 heteroatoms. The number of ether oxygens (including phenoxy) is 1. The quantitative estimate of drug-likeness (QED) is 0.776. The fourth-order valence-electron chi connectivity index (χ4n) is 2.27. The van der Waals surface area contributed by atoms with E-state index in [-0.39, 0.29) is 28.2 Å². The second-order valence-electron chi connectivity index (χ2n) is 6.12. The van der Waals surface area contributed by atoms with Gasteiger partial charge in [0.1, 0.15) is 10.6 Å². The number of aryl methyl sites for hydroxylation is 1. The van der Waals surface area contributed by atoms with Gasteiger partial charge in [-0.15, -0.1) is 0 Å². The van der Waals surface area contributed by atoms with Gasteiger partial charge in [-0.3, -0.25) is 9.52 Å². The van der Waals surface area contributed by atoms with Crippen LogP contribution in [-0.2, 0) is 10.0 Å². The van der Waals surface area contributed by atoms with Gasteiger partial charge in [0, 0.05) is 17.3 Å². The van der Waals surface area contributed by atoms with Crippen LogP contribution in [0.15, 0.2) is 47.4 Å². The van der Waals surface area contributed by atoms with E-state index in [1.807, 2.05) is 32.9 Å². The summed E-state index contributed by atoms with van der Waals surface area (Å²) in [6.45, 7) is 5.76. The highest BCUT2D eigenvalue weighted by atomic mass is 32.2. The van der Waals surface area contributed by atoms with Crippen LogP contribution in [0.4, 0.5) is 5.69 Å². The number of nitrogens with one attached hydrogen (secondary N) is 2. The molecule has 0 spiro atoms. The Morgan fingerprint density at radius 3 is 2.38 bits per heavy atom. The Balaban J connectivity index is 2.37. The number of carbonyl (C=O) groups is 1. The maximum Gasteiger partial charge on any atom is 0.265 e. The predicted molar refractivity (Wildman–Crippen MR) is 102 cm³/mol. The number of amides is 1. The van der Waals surface area contributed by atoms with E-state index < -0.39 is 10.0 Å². The van der Waals surface area contributed by atoms with Crippen molar-refractivity contribution in [3.8, 4) is 5.75 Å². The summed E-state index contributed by atoms with van der Waals surface area (Å²) in [5, 5.41) is 2.82. The van der Waals surface area contributed by atoms with Crippen molar-refractivity contribution in [2.24, 2.45) is 0 Å². The Morgan fingerprint density at radius 1 is 1.15 bits per heavy atom. The average molecular weight is 376 g/mol. The summed E-state index contributed by atoms with van der Waals surface area (Å²) in [5.41, 5.74) is 1.72. The molecule has 0 bridgehead atoms. The van der Waals surface area contributed by atoms with Crippen molar-refractivity contribution in [1.82, 2.24) is 5.32 Å². The Hall–Kier alpha value is -2.54. The third-order valence-corrected chi connectivity index (χ3v) is 5.41. The summed E-state index contributed by atoms with van der Waals surface area (Å²) >= 11 is 0. The lowest BCUT2D eigenvalue weighted by Crippen LogP contribution is -2.32. The summed E-state index contributed by atoms with van der Waals surface area (Å²) in [4.78, 5) is 12.2. The Labute approximate surface area is 154 Å². The lowest BCUT2D eigenvalue weighted by atomic mass is 10.2. The highest BCUT2D eigenvalue weighted by Gasteiger charge is 2.22. The SMILES string of the molecule is CCC(C)NC(=O)c1ccc(OC)c(S(=O)(=O)Nc2ccc(C)cc2)c1. The number of benzene rings is 2. The van der Waals surface area contributed by atoms with Crippen LogP contribution in [0.1, 0.15) is 36.2 Å². The highest BCUT2D eigenvalue weighted by molar-refractivity contribution is 7.92. The van der Waals surface area contributed by atoms with Crippen LogP contribution in [0.5, 0.6) is 5.75 Å². The first-order valence-corrected chi connectivity index (χ1v) is 9.83. The van der Waals surface area contributed by atoms with E-state index in [2.05, 4.69) is 10.0 Å². The van der Waals surface area contributed by atoms with Gasteiger partial charge >= 0.3 is 0 Å². The molecule has 0 fully saturated rings. The van der Waals surface area contributed by atoms with Crippen molar-refractivity contribution >= 4 is 21.6 Å². The molecule has 2 N–H and O–H groups in total. The third kappa shape index (κ3) is 4.76. The van der Waals surface area contributed by atoms with Crippen molar-refractivity contribution in [1.29, 1.82) is 0 Å². The molecule has 0 heterocycles. The molecule has 140 valence electrons. The Morgan fingerprint density at radius 2 is 1.81 bits per heavy atom. The zero-order chi connectivity index (χ0) is 19.3. The molecular formula is C19H24N2O4S. The summed E-state index contributed by atoms with van der Waals surface area (Å²) < 4.78 is 33.3. The van der Waals surface area contributed by atoms with E-state index in [1.54, 1.807) is 18.2 Å². The summed E-state index contributed by atoms with van der Waals surface area (Å²) in [7, 11) is -2.53. The zero-order valence-corrected chi connectivity index (χ0v) is 16.2. The van der Waals surface area contributed by atoms with Crippen LogP contribution in [0, 0.1) is 6.92 Å². The normalized spacial score (nSPS) is 12.3. The minimum Gasteiger partial charge on any atom is -0.495 e. The van der Waals surface area contributed by atoms with Gasteiger partial charge in [0.2, 0.25) is 0 Å². The minimum absolute atomic E-state index is 0.00431. The van der Waals surface area contributed by atoms with E-state index in [1.165, 1.54) is 19.2 Å². The molecule has 1 atom stereocenters. The van der Waals surface area contributed by atoms with Crippen molar-refractivity contribution < 1.29 is 17.9 Å². The first-order chi connectivity index (χ1) is 12.3. The fraction of sp³-hybridized carbons (Fsp3) is 0.316. The number of hydrogen-bond donors (Lipinski definition) is 2. The summed E-state index contributed by atoms with van der Waals surface area (Å²) in [6, 6.07) is 11.3. The maximum absolute atomic E-state index is 12.8. The molecule has 0 aliphatic rings. The summed E-state index contributed by atoms with van der Waals surface area (Å²) in [5.74, 6) is -0.154. The van der Waals surface area contributed by atoms with Crippen molar-refractivity contribution in [2.45, 2.75) is 38.1 Å². The van der Waals surface area contributed by atoms with Gasteiger partial charge in [-0.25, -0.2) is 8.42 Å². The number of anilines is 1. The number of carbonyl (C=O) groups excluding carboxylic acids is 1. The molecule has 0 aliphatic heterocycles. The molecule has 26 heavy (non-hydrogen) atoms. The molecular weight excluding hydrogens is 352 g/mol. The molecule has 0 saturated carbocycles. The number of sulfonamides is 1. The largest absolute Gasteiger partial charge is 0.495 e. The van der Waals surface area contributed by atoms with Crippen molar-refractivity contribution in [2.75, 3.05) is 11.8 Å². The number of methoxy groups -OCH3 is 1. The van der Waals surface area contributed by atoms with E-state index >= 15 is 0 Å². The van der Waals surface area contributed by atoms with Crippen LogP contribution in [0.2, 0.25) is 0 Å². The second kappa shape index (κ2) is 8.23. The fourth-order valence-corrected chi connectivity index (χ4v) is 3.52. The van der Waals surface area contributed by atoms with Crippen molar-refractivity contribution in [3.63, 3.8) is 0 Å². The molecule has 1 unspecified atom stereocenters. The number of rotatable bonds is 7. The van der Waals surface area contributed by atoms with Gasteiger partial charge in [0.05, 0.1) is 7.11 Å². The van der Waals surface area contributed by atoms with E-state index in [0.717, 1.165) is 12.0 Å².